The maximum atomic E-state index is 14.7. The summed E-state index contributed by atoms with van der Waals surface area (Å²) in [7, 11) is 0. The Labute approximate surface area is 822 Å². The molecule has 18 aromatic carbocycles. The van der Waals surface area contributed by atoms with E-state index in [4.69, 9.17) is 9.47 Å². The molecule has 0 saturated heterocycles. The van der Waals surface area contributed by atoms with E-state index >= 15 is 0 Å². The summed E-state index contributed by atoms with van der Waals surface area (Å²) in [6.07, 6.45) is 8.18. The molecule has 0 amide bonds. The van der Waals surface area contributed by atoms with Gasteiger partial charge in [0.2, 0.25) is 0 Å². The van der Waals surface area contributed by atoms with Gasteiger partial charge in [-0.3, -0.25) is 14.4 Å². The number of carbonyl (C=O) groups is 3. The molecule has 0 bridgehead atoms. The smallest absolute Gasteiger partial charge is 0.195 e. The fourth-order valence-electron chi connectivity index (χ4n) is 18.7. The molecule has 0 saturated carbocycles. The minimum absolute atomic E-state index is 0.0259. The van der Waals surface area contributed by atoms with Gasteiger partial charge < -0.3 is 9.47 Å². The minimum atomic E-state index is 0.0259. The molecule has 0 spiro atoms. The van der Waals surface area contributed by atoms with Crippen LogP contribution < -0.4 is 9.47 Å². The summed E-state index contributed by atoms with van der Waals surface area (Å²) in [5, 5.41) is 0. The van der Waals surface area contributed by atoms with Crippen molar-refractivity contribution in [2.75, 3.05) is 0 Å². The highest BCUT2D eigenvalue weighted by Crippen LogP contribution is 2.53. The van der Waals surface area contributed by atoms with Gasteiger partial charge >= 0.3 is 0 Å². The van der Waals surface area contributed by atoms with Crippen LogP contribution in [-0.2, 0) is 27.2 Å². The molecule has 0 N–H and O–H groups in total. The SMILES string of the molecule is CC(CCc1ccc(C2=CC=C(c3ccccc3)C2=O)cc1)c1ccccc1.Cc1ccc(C2=C(c3ccccc3)C(=O)C(c3ccccc3)=C2c2ccc(Oc3ccc(-c4ccc(-c5ccccc5)c(-c5ccc(CCC(C)c6ccccc6)cc5)c4)cc3)cc2)cc1.Cc1ccc(C2=C(c3ccccc3)C(=O)C(c3ccccc3)=C2c2ccc(Oc3ccc(C#Cc4ccccc4)cc3)cc2)cc1. The Hall–Kier alpha value is -17.4. The maximum Gasteiger partial charge on any atom is 0.195 e. The van der Waals surface area contributed by atoms with E-state index in [0.717, 1.165) is 149 Å². The van der Waals surface area contributed by atoms with Gasteiger partial charge in [-0.25, -0.2) is 0 Å². The third-order valence-corrected chi connectivity index (χ3v) is 26.4. The first-order valence-electron chi connectivity index (χ1n) is 48.1. The monoisotopic (exact) mass is 1800 g/mol. The van der Waals surface area contributed by atoms with Crippen LogP contribution in [0.4, 0.5) is 0 Å². The highest BCUT2D eigenvalue weighted by molar-refractivity contribution is 6.60. The second-order valence-electron chi connectivity index (χ2n) is 35.8. The van der Waals surface area contributed by atoms with Crippen LogP contribution in [0.1, 0.15) is 139 Å². The summed E-state index contributed by atoms with van der Waals surface area (Å²) in [6.45, 7) is 8.76. The molecule has 140 heavy (non-hydrogen) atoms. The Morgan fingerprint density at radius 3 is 0.814 bits per heavy atom. The Kier molecular flexibility index (Phi) is 28.5. The van der Waals surface area contributed by atoms with Gasteiger partial charge in [-0.05, 0) is 254 Å². The van der Waals surface area contributed by atoms with Crippen molar-refractivity contribution in [3.8, 4) is 68.2 Å². The quantitative estimate of drug-likeness (QED) is 0.0533. The molecule has 3 aliphatic carbocycles. The molecule has 0 heterocycles. The molecule has 18 aromatic rings. The second-order valence-corrected chi connectivity index (χ2v) is 35.8. The lowest BCUT2D eigenvalue weighted by molar-refractivity contribution is -0.109. The fraction of sp³-hybridized carbons (Fsp3) is 0.0741. The fourth-order valence-corrected chi connectivity index (χ4v) is 18.7. The lowest BCUT2D eigenvalue weighted by atomic mass is 9.89. The van der Waals surface area contributed by atoms with Crippen LogP contribution in [0.5, 0.6) is 23.0 Å². The van der Waals surface area contributed by atoms with Crippen LogP contribution in [0.2, 0.25) is 0 Å². The maximum absolute atomic E-state index is 14.7. The Morgan fingerprint density at radius 2 is 0.464 bits per heavy atom. The molecule has 0 aromatic heterocycles. The van der Waals surface area contributed by atoms with Crippen molar-refractivity contribution >= 4 is 73.1 Å². The van der Waals surface area contributed by atoms with Gasteiger partial charge in [-0.2, -0.15) is 0 Å². The number of ether oxygens (including phenoxy) is 2. The van der Waals surface area contributed by atoms with Gasteiger partial charge in [0.15, 0.2) is 17.3 Å². The molecule has 674 valence electrons. The van der Waals surface area contributed by atoms with Gasteiger partial charge in [0.1, 0.15) is 23.0 Å². The number of hydrogen-bond donors (Lipinski definition) is 0. The van der Waals surface area contributed by atoms with Gasteiger partial charge in [0.25, 0.3) is 0 Å². The lowest BCUT2D eigenvalue weighted by Gasteiger charge is -2.15. The summed E-state index contributed by atoms with van der Waals surface area (Å²) in [6, 6.07) is 166. The van der Waals surface area contributed by atoms with Crippen LogP contribution in [-0.4, -0.2) is 17.3 Å². The van der Waals surface area contributed by atoms with Crippen molar-refractivity contribution in [1.29, 1.82) is 0 Å². The van der Waals surface area contributed by atoms with Gasteiger partial charge in [0, 0.05) is 66.9 Å². The Morgan fingerprint density at radius 1 is 0.214 bits per heavy atom. The summed E-state index contributed by atoms with van der Waals surface area (Å²) >= 11 is 0. The number of rotatable bonds is 25. The van der Waals surface area contributed by atoms with E-state index in [1.165, 1.54) is 55.6 Å². The van der Waals surface area contributed by atoms with Gasteiger partial charge in [0.05, 0.1) is 0 Å². The molecular weight excluding hydrogens is 1700 g/mol. The predicted molar refractivity (Wildman–Crippen MR) is 580 cm³/mol. The number of carbonyl (C=O) groups excluding carboxylic acids is 3. The van der Waals surface area contributed by atoms with Crippen molar-refractivity contribution < 1.29 is 23.9 Å². The molecule has 0 fully saturated rings. The molecular formula is C135H104O5. The minimum Gasteiger partial charge on any atom is -0.457 e. The molecule has 0 radical (unpaired) electrons. The summed E-state index contributed by atoms with van der Waals surface area (Å²) in [5.41, 5.74) is 34.4. The lowest BCUT2D eigenvalue weighted by Crippen LogP contribution is -2.01. The van der Waals surface area contributed by atoms with Crippen LogP contribution >= 0.6 is 0 Å². The van der Waals surface area contributed by atoms with Crippen LogP contribution in [0, 0.1) is 25.7 Å². The molecule has 21 rings (SSSR count). The topological polar surface area (TPSA) is 69.7 Å². The van der Waals surface area contributed by atoms with Crippen LogP contribution in [0.15, 0.2) is 497 Å². The molecule has 0 aliphatic heterocycles. The first-order chi connectivity index (χ1) is 68.8. The molecule has 2 unspecified atom stereocenters. The predicted octanol–water partition coefficient (Wildman–Crippen LogP) is 33.4. The molecule has 2 atom stereocenters. The Balaban J connectivity index is 0.000000146. The van der Waals surface area contributed by atoms with Crippen LogP contribution in [0.3, 0.4) is 0 Å². The standard InChI is InChI=1S/C64H50O2.C44H30O2.C27H24O/c1-44-23-29-53(30-24-44)60-61(63(52-21-13-6-14-22-52)64(65)62(60)51-19-11-5-12-20-51)54-35-40-57(41-36-54)66-56-38-33-48(34-39-56)55-37-42-58(49-17-9-4-10-18-49)59(43-55)50-31-27-46(28-32-50)26-25-45(2)47-15-7-3-8-16-47;1-31-17-23-36(24-18-31)40-41(43(35-15-9-4-10-16-35)44(45)42(40)34-13-7-3-8-14-34)37-25-29-39(30-26-37)46-38-27-21-33(22-28-38)20-19-32-11-5-2-6-12-32;1-20(22-8-4-2-5-9-22)12-13-21-14-16-24(17-15-21)26-19-18-25(27(26)28)23-10-6-3-7-11-23/h3-24,27-43,45H,25-26H2,1-2H3;2-18,21-30H,1H3;2-11,14-20H,12-13H2,1H3. The number of allylic oxidation sites excluding steroid dienone is 12. The van der Waals surface area contributed by atoms with Crippen molar-refractivity contribution in [1.82, 2.24) is 0 Å². The van der Waals surface area contributed by atoms with Crippen molar-refractivity contribution in [3.63, 3.8) is 0 Å². The van der Waals surface area contributed by atoms with Gasteiger partial charge in [-0.15, -0.1) is 0 Å². The van der Waals surface area contributed by atoms with E-state index in [0.29, 0.717) is 45.6 Å². The van der Waals surface area contributed by atoms with E-state index < -0.39 is 0 Å². The molecule has 5 nitrogen and oxygen atoms in total. The van der Waals surface area contributed by atoms with Crippen LogP contribution in [0.25, 0.3) is 89.1 Å². The van der Waals surface area contributed by atoms with Crippen molar-refractivity contribution in [3.05, 3.63) is 598 Å². The number of ketones is 3. The number of benzene rings is 18. The van der Waals surface area contributed by atoms with E-state index in [2.05, 4.69) is 270 Å². The molecule has 5 heteroatoms. The number of aryl methyl sites for hydroxylation is 4. The zero-order chi connectivity index (χ0) is 95.5. The van der Waals surface area contributed by atoms with Gasteiger partial charge in [-0.1, -0.05) is 443 Å². The normalized spacial score (nSPS) is 13.2. The second kappa shape index (κ2) is 43.5. The summed E-state index contributed by atoms with van der Waals surface area (Å²) in [4.78, 5) is 42.0. The first-order valence-corrected chi connectivity index (χ1v) is 48.1. The third kappa shape index (κ3) is 21.4. The summed E-state index contributed by atoms with van der Waals surface area (Å²) < 4.78 is 12.7. The number of hydrogen-bond acceptors (Lipinski definition) is 5. The zero-order valence-corrected chi connectivity index (χ0v) is 78.9. The highest BCUT2D eigenvalue weighted by Gasteiger charge is 2.38. The largest absolute Gasteiger partial charge is 0.457 e. The average molecular weight is 1810 g/mol. The highest BCUT2D eigenvalue weighted by atomic mass is 16.5. The van der Waals surface area contributed by atoms with E-state index in [9.17, 15) is 14.4 Å². The van der Waals surface area contributed by atoms with E-state index in [1.807, 2.05) is 267 Å². The number of Topliss-reactive ketones (excluding diaryl/α,β-unsaturated/α-hetero) is 3. The van der Waals surface area contributed by atoms with E-state index in [-0.39, 0.29) is 17.3 Å². The third-order valence-electron chi connectivity index (χ3n) is 26.4. The summed E-state index contributed by atoms with van der Waals surface area (Å²) in [5.74, 6) is 10.5. The van der Waals surface area contributed by atoms with Crippen molar-refractivity contribution in [2.45, 2.75) is 65.2 Å². The molecule has 3 aliphatic rings. The van der Waals surface area contributed by atoms with Crippen molar-refractivity contribution in [2.24, 2.45) is 0 Å². The van der Waals surface area contributed by atoms with E-state index in [1.54, 1.807) is 0 Å². The first kappa shape index (κ1) is 91.7. The zero-order valence-electron chi connectivity index (χ0n) is 78.9. The Bertz CT molecular complexity index is 7690. The average Bonchev–Trinajstić information content (AvgIpc) is 1.58.